The van der Waals surface area contributed by atoms with Gasteiger partial charge in [-0.1, -0.05) is 37.3 Å². The molecule has 0 bridgehead atoms. The van der Waals surface area contributed by atoms with Gasteiger partial charge < -0.3 is 9.73 Å². The van der Waals surface area contributed by atoms with Gasteiger partial charge in [0.1, 0.15) is 5.52 Å². The summed E-state index contributed by atoms with van der Waals surface area (Å²) in [6.45, 7) is 3.86. The molecule has 1 unspecified atom stereocenters. The minimum Gasteiger partial charge on any atom is -0.441 e. The van der Waals surface area contributed by atoms with Gasteiger partial charge in [0.05, 0.1) is 0 Å². The molecule has 0 fully saturated rings. The largest absolute Gasteiger partial charge is 0.441 e. The summed E-state index contributed by atoms with van der Waals surface area (Å²) in [5, 5.41) is 2.92. The number of aromatic nitrogens is 1. The Labute approximate surface area is 129 Å². The van der Waals surface area contributed by atoms with Gasteiger partial charge in [-0.15, -0.1) is 0 Å². The summed E-state index contributed by atoms with van der Waals surface area (Å²) in [5.74, 6) is 0.798. The highest BCUT2D eigenvalue weighted by molar-refractivity contribution is 5.93. The van der Waals surface area contributed by atoms with E-state index in [1.807, 2.05) is 48.5 Å². The van der Waals surface area contributed by atoms with Crippen LogP contribution in [-0.2, 0) is 4.79 Å². The highest BCUT2D eigenvalue weighted by Crippen LogP contribution is 2.22. The molecule has 1 aromatic heterocycles. The first-order chi connectivity index (χ1) is 10.6. The number of fused-ring (bicyclic) bond motifs is 1. The zero-order chi connectivity index (χ0) is 15.5. The lowest BCUT2D eigenvalue weighted by Gasteiger charge is -2.12. The summed E-state index contributed by atoms with van der Waals surface area (Å²) in [6.07, 6.45) is 0.444. The number of nitrogens with one attached hydrogen (secondary N) is 1. The van der Waals surface area contributed by atoms with E-state index < -0.39 is 0 Å². The predicted octanol–water partition coefficient (Wildman–Crippen LogP) is 4.27. The van der Waals surface area contributed by atoms with Gasteiger partial charge in [-0.05, 0) is 29.7 Å². The van der Waals surface area contributed by atoms with E-state index in [0.717, 1.165) is 16.8 Å². The number of nitrogens with zero attached hydrogens (tertiary/aromatic N) is 1. The molecule has 3 aromatic rings. The molecule has 22 heavy (non-hydrogen) atoms. The van der Waals surface area contributed by atoms with E-state index in [1.54, 1.807) is 6.92 Å². The minimum absolute atomic E-state index is 0.00378. The average molecular weight is 294 g/mol. The molecule has 1 N–H and O–H groups in total. The number of anilines is 1. The molecule has 1 amide bonds. The normalized spacial score (nSPS) is 12.3. The Balaban J connectivity index is 1.67. The fourth-order valence-corrected chi connectivity index (χ4v) is 2.51. The summed E-state index contributed by atoms with van der Waals surface area (Å²) in [6, 6.07) is 15.5. The molecule has 0 saturated carbocycles. The molecule has 0 saturated heterocycles. The number of oxazole rings is 1. The Morgan fingerprint density at radius 1 is 1.23 bits per heavy atom. The maximum Gasteiger partial charge on any atom is 0.224 e. The highest BCUT2D eigenvalue weighted by atomic mass is 16.3. The standard InChI is InChI=1S/C18H18N2O2/c1-12(14-6-4-3-5-7-14)10-18(21)20-15-8-9-17-16(11-15)19-13(2)22-17/h3-9,11-12H,10H2,1-2H3,(H,20,21). The number of rotatable bonds is 4. The van der Waals surface area contributed by atoms with Gasteiger partial charge in [-0.3, -0.25) is 4.79 Å². The fourth-order valence-electron chi connectivity index (χ4n) is 2.51. The van der Waals surface area contributed by atoms with Crippen LogP contribution in [-0.4, -0.2) is 10.9 Å². The van der Waals surface area contributed by atoms with Gasteiger partial charge in [0, 0.05) is 19.0 Å². The summed E-state index contributed by atoms with van der Waals surface area (Å²) in [4.78, 5) is 16.5. The number of carbonyl (C=O) groups excluding carboxylic acids is 1. The van der Waals surface area contributed by atoms with Crippen LogP contribution in [0.25, 0.3) is 11.1 Å². The molecule has 1 atom stereocenters. The first-order valence-electron chi connectivity index (χ1n) is 7.34. The van der Waals surface area contributed by atoms with Crippen LogP contribution in [0.15, 0.2) is 52.9 Å². The van der Waals surface area contributed by atoms with E-state index in [9.17, 15) is 4.79 Å². The number of carbonyl (C=O) groups is 1. The predicted molar refractivity (Wildman–Crippen MR) is 86.8 cm³/mol. The van der Waals surface area contributed by atoms with Gasteiger partial charge in [0.15, 0.2) is 11.5 Å². The summed E-state index contributed by atoms with van der Waals surface area (Å²) >= 11 is 0. The molecule has 4 heteroatoms. The molecule has 0 aliphatic carbocycles. The Bertz CT molecular complexity index is 793. The maximum absolute atomic E-state index is 12.2. The van der Waals surface area contributed by atoms with Crippen molar-refractivity contribution in [3.05, 3.63) is 60.0 Å². The molecular weight excluding hydrogens is 276 g/mol. The Kier molecular flexibility index (Phi) is 3.92. The third-order valence-electron chi connectivity index (χ3n) is 3.64. The van der Waals surface area contributed by atoms with Crippen molar-refractivity contribution in [2.24, 2.45) is 0 Å². The third-order valence-corrected chi connectivity index (χ3v) is 3.64. The minimum atomic E-state index is -0.00378. The second kappa shape index (κ2) is 6.02. The number of hydrogen-bond acceptors (Lipinski definition) is 3. The van der Waals surface area contributed by atoms with Gasteiger partial charge in [-0.2, -0.15) is 0 Å². The van der Waals surface area contributed by atoms with E-state index in [2.05, 4.69) is 17.2 Å². The quantitative estimate of drug-likeness (QED) is 0.781. The van der Waals surface area contributed by atoms with Crippen molar-refractivity contribution in [2.75, 3.05) is 5.32 Å². The Morgan fingerprint density at radius 3 is 2.77 bits per heavy atom. The molecule has 0 aliphatic rings. The molecule has 2 aromatic carbocycles. The lowest BCUT2D eigenvalue weighted by atomic mass is 9.97. The molecule has 112 valence electrons. The summed E-state index contributed by atoms with van der Waals surface area (Å²) < 4.78 is 5.43. The average Bonchev–Trinajstić information content (AvgIpc) is 2.87. The van der Waals surface area contributed by atoms with Gasteiger partial charge >= 0.3 is 0 Å². The van der Waals surface area contributed by atoms with E-state index >= 15 is 0 Å². The lowest BCUT2D eigenvalue weighted by molar-refractivity contribution is -0.116. The first-order valence-corrected chi connectivity index (χ1v) is 7.34. The molecule has 3 rings (SSSR count). The second-order valence-corrected chi connectivity index (χ2v) is 5.48. The van der Waals surface area contributed by atoms with Crippen molar-refractivity contribution < 1.29 is 9.21 Å². The van der Waals surface area contributed by atoms with Crippen LogP contribution in [0.4, 0.5) is 5.69 Å². The van der Waals surface area contributed by atoms with Crippen molar-refractivity contribution in [3.8, 4) is 0 Å². The number of amides is 1. The van der Waals surface area contributed by atoms with E-state index in [1.165, 1.54) is 5.56 Å². The van der Waals surface area contributed by atoms with E-state index in [-0.39, 0.29) is 11.8 Å². The lowest BCUT2D eigenvalue weighted by Crippen LogP contribution is -2.14. The van der Waals surface area contributed by atoms with Crippen molar-refractivity contribution in [1.29, 1.82) is 0 Å². The molecule has 1 heterocycles. The molecule has 0 radical (unpaired) electrons. The molecule has 0 spiro atoms. The Hall–Kier alpha value is -2.62. The smallest absolute Gasteiger partial charge is 0.224 e. The zero-order valence-corrected chi connectivity index (χ0v) is 12.7. The van der Waals surface area contributed by atoms with Gasteiger partial charge in [0.25, 0.3) is 0 Å². The zero-order valence-electron chi connectivity index (χ0n) is 12.7. The van der Waals surface area contributed by atoms with Crippen molar-refractivity contribution >= 4 is 22.7 Å². The SMILES string of the molecule is Cc1nc2cc(NC(=O)CC(C)c3ccccc3)ccc2o1. The van der Waals surface area contributed by atoms with Crippen molar-refractivity contribution in [3.63, 3.8) is 0 Å². The first kappa shape index (κ1) is 14.3. The van der Waals surface area contributed by atoms with Crippen LogP contribution >= 0.6 is 0 Å². The van der Waals surface area contributed by atoms with Crippen LogP contribution in [0.1, 0.15) is 30.7 Å². The topological polar surface area (TPSA) is 55.1 Å². The number of aryl methyl sites for hydroxylation is 1. The number of hydrogen-bond donors (Lipinski definition) is 1. The molecule has 4 nitrogen and oxygen atoms in total. The van der Waals surface area contributed by atoms with E-state index in [4.69, 9.17) is 4.42 Å². The summed E-state index contributed by atoms with van der Waals surface area (Å²) in [7, 11) is 0. The monoisotopic (exact) mass is 294 g/mol. The third kappa shape index (κ3) is 3.17. The fraction of sp³-hybridized carbons (Fsp3) is 0.222. The van der Waals surface area contributed by atoms with Gasteiger partial charge in [-0.25, -0.2) is 4.98 Å². The van der Waals surface area contributed by atoms with Crippen LogP contribution in [0.2, 0.25) is 0 Å². The van der Waals surface area contributed by atoms with Crippen LogP contribution in [0.3, 0.4) is 0 Å². The van der Waals surface area contributed by atoms with Crippen molar-refractivity contribution in [1.82, 2.24) is 4.98 Å². The van der Waals surface area contributed by atoms with E-state index in [0.29, 0.717) is 12.3 Å². The maximum atomic E-state index is 12.2. The summed E-state index contributed by atoms with van der Waals surface area (Å²) in [5.41, 5.74) is 3.39. The van der Waals surface area contributed by atoms with Crippen molar-refractivity contribution in [2.45, 2.75) is 26.2 Å². The van der Waals surface area contributed by atoms with Crippen LogP contribution < -0.4 is 5.32 Å². The highest BCUT2D eigenvalue weighted by Gasteiger charge is 2.12. The molecular formula is C18H18N2O2. The second-order valence-electron chi connectivity index (χ2n) is 5.48. The molecule has 0 aliphatic heterocycles. The number of benzene rings is 2. The van der Waals surface area contributed by atoms with Gasteiger partial charge in [0.2, 0.25) is 5.91 Å². The van der Waals surface area contributed by atoms with Crippen LogP contribution in [0, 0.1) is 6.92 Å². The Morgan fingerprint density at radius 2 is 2.00 bits per heavy atom. The van der Waals surface area contributed by atoms with Crippen LogP contribution in [0.5, 0.6) is 0 Å².